The molecular formula is C12H13BrN4O. The summed E-state index contributed by atoms with van der Waals surface area (Å²) in [5.41, 5.74) is 1.52. The lowest BCUT2D eigenvalue weighted by atomic mass is 10.3. The number of aromatic nitrogens is 4. The maximum Gasteiger partial charge on any atom is 0.265 e. The van der Waals surface area contributed by atoms with Crippen LogP contribution in [0.2, 0.25) is 0 Å². The molecule has 2 aromatic rings. The summed E-state index contributed by atoms with van der Waals surface area (Å²) < 4.78 is 2.61. The monoisotopic (exact) mass is 308 g/mol. The molecule has 0 bridgehead atoms. The van der Waals surface area contributed by atoms with Gasteiger partial charge in [0.05, 0.1) is 18.2 Å². The number of H-pyrrole nitrogens is 1. The Morgan fingerprint density at radius 2 is 2.33 bits per heavy atom. The van der Waals surface area contributed by atoms with Crippen molar-refractivity contribution in [2.45, 2.75) is 32.2 Å². The van der Waals surface area contributed by atoms with Crippen molar-refractivity contribution in [1.29, 1.82) is 0 Å². The molecule has 2 heterocycles. The molecule has 0 saturated heterocycles. The summed E-state index contributed by atoms with van der Waals surface area (Å²) in [4.78, 5) is 23.3. The van der Waals surface area contributed by atoms with Crippen LogP contribution >= 0.6 is 15.9 Å². The van der Waals surface area contributed by atoms with Crippen molar-refractivity contribution in [3.8, 4) is 11.5 Å². The molecular weight excluding hydrogens is 296 g/mol. The van der Waals surface area contributed by atoms with E-state index in [2.05, 4.69) is 35.4 Å². The number of nitrogens with zero attached hydrogens (tertiary/aromatic N) is 3. The third-order valence-electron chi connectivity index (χ3n) is 3.12. The summed E-state index contributed by atoms with van der Waals surface area (Å²) in [6, 6.07) is 0.515. The van der Waals surface area contributed by atoms with E-state index in [9.17, 15) is 4.79 Å². The van der Waals surface area contributed by atoms with Crippen LogP contribution in [0.25, 0.3) is 11.5 Å². The Balaban J connectivity index is 2.13. The number of nitrogens with one attached hydrogen (secondary N) is 1. The minimum absolute atomic E-state index is 0.139. The van der Waals surface area contributed by atoms with Crippen molar-refractivity contribution in [3.05, 3.63) is 33.0 Å². The molecule has 94 valence electrons. The van der Waals surface area contributed by atoms with Gasteiger partial charge in [-0.25, -0.2) is 9.97 Å². The van der Waals surface area contributed by atoms with Crippen LogP contribution in [0.5, 0.6) is 0 Å². The van der Waals surface area contributed by atoms with Gasteiger partial charge in [0.15, 0.2) is 5.82 Å². The molecule has 0 unspecified atom stereocenters. The molecule has 3 rings (SSSR count). The van der Waals surface area contributed by atoms with Gasteiger partial charge in [-0.2, -0.15) is 0 Å². The van der Waals surface area contributed by atoms with Crippen molar-refractivity contribution in [2.75, 3.05) is 0 Å². The summed E-state index contributed by atoms with van der Waals surface area (Å²) in [6.45, 7) is 1.98. The molecule has 0 aliphatic heterocycles. The highest BCUT2D eigenvalue weighted by molar-refractivity contribution is 9.10. The highest BCUT2D eigenvalue weighted by Crippen LogP contribution is 2.37. The van der Waals surface area contributed by atoms with Gasteiger partial charge in [0.1, 0.15) is 10.2 Å². The molecule has 1 fully saturated rings. The van der Waals surface area contributed by atoms with Gasteiger partial charge in [0.25, 0.3) is 5.56 Å². The molecule has 0 spiro atoms. The van der Waals surface area contributed by atoms with Gasteiger partial charge in [-0.1, -0.05) is 6.92 Å². The number of halogens is 1. The van der Waals surface area contributed by atoms with Gasteiger partial charge in [0, 0.05) is 6.04 Å². The van der Waals surface area contributed by atoms with Gasteiger partial charge in [-0.05, 0) is 35.2 Å². The molecule has 1 N–H and O–H groups in total. The van der Waals surface area contributed by atoms with E-state index in [0.29, 0.717) is 16.3 Å². The lowest BCUT2D eigenvalue weighted by molar-refractivity contribution is 0.741. The first kappa shape index (κ1) is 11.6. The lowest BCUT2D eigenvalue weighted by Crippen LogP contribution is -2.14. The van der Waals surface area contributed by atoms with Crippen LogP contribution < -0.4 is 5.56 Å². The van der Waals surface area contributed by atoms with Gasteiger partial charge >= 0.3 is 0 Å². The number of aromatic amines is 1. The van der Waals surface area contributed by atoms with E-state index in [0.717, 1.165) is 17.8 Å². The molecule has 2 aromatic heterocycles. The van der Waals surface area contributed by atoms with Gasteiger partial charge in [0.2, 0.25) is 0 Å². The van der Waals surface area contributed by atoms with E-state index in [1.807, 2.05) is 6.92 Å². The van der Waals surface area contributed by atoms with Gasteiger partial charge in [-0.15, -0.1) is 0 Å². The van der Waals surface area contributed by atoms with Crippen molar-refractivity contribution >= 4 is 15.9 Å². The van der Waals surface area contributed by atoms with E-state index in [1.165, 1.54) is 12.8 Å². The zero-order chi connectivity index (χ0) is 12.7. The Bertz CT molecular complexity index is 642. The van der Waals surface area contributed by atoms with E-state index >= 15 is 0 Å². The molecule has 1 saturated carbocycles. The van der Waals surface area contributed by atoms with Crippen LogP contribution in [0.3, 0.4) is 0 Å². The average molecular weight is 309 g/mol. The molecule has 1 aliphatic rings. The fraction of sp³-hybridized carbons (Fsp3) is 0.417. The first-order valence-electron chi connectivity index (χ1n) is 6.01. The molecule has 0 amide bonds. The molecule has 0 radical (unpaired) electrons. The Labute approximate surface area is 112 Å². The second-order valence-corrected chi connectivity index (χ2v) is 5.24. The minimum atomic E-state index is -0.139. The molecule has 0 atom stereocenters. The Morgan fingerprint density at radius 1 is 1.56 bits per heavy atom. The summed E-state index contributed by atoms with van der Waals surface area (Å²) >= 11 is 3.27. The summed E-state index contributed by atoms with van der Waals surface area (Å²) in [5.74, 6) is 0.601. The quantitative estimate of drug-likeness (QED) is 0.946. The van der Waals surface area contributed by atoms with Crippen molar-refractivity contribution < 1.29 is 0 Å². The second kappa shape index (κ2) is 4.35. The fourth-order valence-corrected chi connectivity index (χ4v) is 2.46. The van der Waals surface area contributed by atoms with Gasteiger partial charge < -0.3 is 9.55 Å². The van der Waals surface area contributed by atoms with Crippen LogP contribution in [0.1, 0.15) is 31.5 Å². The smallest absolute Gasteiger partial charge is 0.265 e. The summed E-state index contributed by atoms with van der Waals surface area (Å²) in [7, 11) is 0. The average Bonchev–Trinajstić information content (AvgIpc) is 3.10. The van der Waals surface area contributed by atoms with Crippen LogP contribution in [0.4, 0.5) is 0 Å². The SMILES string of the molecule is CCc1nc(-c2cncn2C2CC2)[nH]c(=O)c1Br. The van der Waals surface area contributed by atoms with Crippen molar-refractivity contribution in [3.63, 3.8) is 0 Å². The fourth-order valence-electron chi connectivity index (χ4n) is 1.99. The highest BCUT2D eigenvalue weighted by atomic mass is 79.9. The standard InChI is InChI=1S/C12H13BrN4O/c1-2-8-10(13)12(18)16-11(15-8)9-5-14-6-17(9)7-3-4-7/h5-7H,2-4H2,1H3,(H,15,16,18). The molecule has 1 aliphatic carbocycles. The van der Waals surface area contributed by atoms with E-state index < -0.39 is 0 Å². The number of imidazole rings is 1. The summed E-state index contributed by atoms with van der Waals surface area (Å²) in [6.07, 6.45) is 6.62. The molecule has 18 heavy (non-hydrogen) atoms. The van der Waals surface area contributed by atoms with Crippen LogP contribution in [-0.2, 0) is 6.42 Å². The van der Waals surface area contributed by atoms with Crippen molar-refractivity contribution in [1.82, 2.24) is 19.5 Å². The lowest BCUT2D eigenvalue weighted by Gasteiger charge is -2.07. The maximum absolute atomic E-state index is 11.8. The van der Waals surface area contributed by atoms with Crippen LogP contribution in [-0.4, -0.2) is 19.5 Å². The Morgan fingerprint density at radius 3 is 3.00 bits per heavy atom. The minimum Gasteiger partial charge on any atom is -0.325 e. The largest absolute Gasteiger partial charge is 0.325 e. The number of aryl methyl sites for hydroxylation is 1. The molecule has 6 heteroatoms. The Hall–Kier alpha value is -1.43. The highest BCUT2D eigenvalue weighted by Gasteiger charge is 2.26. The predicted molar refractivity (Wildman–Crippen MR) is 71.4 cm³/mol. The number of hydrogen-bond donors (Lipinski definition) is 1. The Kier molecular flexibility index (Phi) is 2.81. The third kappa shape index (κ3) is 1.90. The molecule has 0 aromatic carbocycles. The zero-order valence-corrected chi connectivity index (χ0v) is 11.6. The normalized spacial score (nSPS) is 15.0. The topological polar surface area (TPSA) is 63.6 Å². The van der Waals surface area contributed by atoms with Crippen LogP contribution in [0.15, 0.2) is 21.8 Å². The van der Waals surface area contributed by atoms with E-state index in [-0.39, 0.29) is 5.56 Å². The zero-order valence-electron chi connectivity index (χ0n) is 9.98. The van der Waals surface area contributed by atoms with E-state index in [4.69, 9.17) is 0 Å². The first-order chi connectivity index (χ1) is 8.70. The third-order valence-corrected chi connectivity index (χ3v) is 3.93. The maximum atomic E-state index is 11.8. The predicted octanol–water partition coefficient (Wildman–Crippen LogP) is 2.29. The second-order valence-electron chi connectivity index (χ2n) is 4.45. The molecule has 5 nitrogen and oxygen atoms in total. The first-order valence-corrected chi connectivity index (χ1v) is 6.81. The van der Waals surface area contributed by atoms with E-state index in [1.54, 1.807) is 12.5 Å². The van der Waals surface area contributed by atoms with Gasteiger partial charge in [-0.3, -0.25) is 4.79 Å². The summed E-state index contributed by atoms with van der Waals surface area (Å²) in [5, 5.41) is 0. The number of rotatable bonds is 3. The van der Waals surface area contributed by atoms with Crippen molar-refractivity contribution in [2.24, 2.45) is 0 Å². The van der Waals surface area contributed by atoms with Crippen LogP contribution in [0, 0.1) is 0 Å². The number of hydrogen-bond acceptors (Lipinski definition) is 3.